The highest BCUT2D eigenvalue weighted by molar-refractivity contribution is 7.18. The fraction of sp³-hybridized carbons (Fsp3) is 0.417. The predicted molar refractivity (Wildman–Crippen MR) is 130 cm³/mol. The standard InChI is InChI=1S/C24H30N4O4S/c1-17-25-22-13-21(7-8-23(22)33-17)32-16-19(29)14-27-9-11-28(12-10-27)15-24(30)26-18-3-5-20(31-2)6-4-18/h3-8,13,19,29H,9-12,14-16H2,1-2H3,(H,26,30)/t19-/m1/s1. The second kappa shape index (κ2) is 10.9. The Kier molecular flexibility index (Phi) is 7.77. The average molecular weight is 471 g/mol. The Labute approximate surface area is 197 Å². The van der Waals surface area contributed by atoms with Gasteiger partial charge in [0.25, 0.3) is 0 Å². The van der Waals surface area contributed by atoms with Crippen molar-refractivity contribution in [3.8, 4) is 11.5 Å². The highest BCUT2D eigenvalue weighted by Gasteiger charge is 2.21. The molecule has 1 saturated heterocycles. The van der Waals surface area contributed by atoms with E-state index in [1.54, 1.807) is 18.4 Å². The number of hydrogen-bond acceptors (Lipinski definition) is 8. The van der Waals surface area contributed by atoms with Crippen LogP contribution in [0.15, 0.2) is 42.5 Å². The lowest BCUT2D eigenvalue weighted by atomic mass is 10.2. The second-order valence-electron chi connectivity index (χ2n) is 8.18. The van der Waals surface area contributed by atoms with E-state index < -0.39 is 6.10 Å². The summed E-state index contributed by atoms with van der Waals surface area (Å²) in [7, 11) is 1.61. The number of carbonyl (C=O) groups excluding carboxylic acids is 1. The van der Waals surface area contributed by atoms with Gasteiger partial charge in [0.2, 0.25) is 5.91 Å². The number of piperazine rings is 1. The van der Waals surface area contributed by atoms with Gasteiger partial charge in [-0.25, -0.2) is 4.98 Å². The molecule has 33 heavy (non-hydrogen) atoms. The molecule has 1 amide bonds. The highest BCUT2D eigenvalue weighted by atomic mass is 32.1. The third kappa shape index (κ3) is 6.64. The van der Waals surface area contributed by atoms with Crippen LogP contribution in [-0.2, 0) is 4.79 Å². The molecule has 0 saturated carbocycles. The summed E-state index contributed by atoms with van der Waals surface area (Å²) in [6.07, 6.45) is -0.581. The molecular formula is C24H30N4O4S. The quantitative estimate of drug-likeness (QED) is 0.497. The third-order valence-electron chi connectivity index (χ3n) is 5.58. The summed E-state index contributed by atoms with van der Waals surface area (Å²) in [5.41, 5.74) is 1.68. The number of anilines is 1. The van der Waals surface area contributed by atoms with Gasteiger partial charge in [-0.15, -0.1) is 11.3 Å². The number of amides is 1. The van der Waals surface area contributed by atoms with Gasteiger partial charge in [-0.05, 0) is 43.3 Å². The first kappa shape index (κ1) is 23.4. The van der Waals surface area contributed by atoms with E-state index in [4.69, 9.17) is 9.47 Å². The number of ether oxygens (including phenoxy) is 2. The topological polar surface area (TPSA) is 87.2 Å². The number of aryl methyl sites for hydroxylation is 1. The maximum atomic E-state index is 12.3. The van der Waals surface area contributed by atoms with Crippen LogP contribution < -0.4 is 14.8 Å². The van der Waals surface area contributed by atoms with Crippen LogP contribution in [0.25, 0.3) is 10.2 Å². The van der Waals surface area contributed by atoms with Crippen LogP contribution in [0.2, 0.25) is 0 Å². The Morgan fingerprint density at radius 2 is 1.82 bits per heavy atom. The van der Waals surface area contributed by atoms with Crippen molar-refractivity contribution >= 4 is 33.1 Å². The number of aliphatic hydroxyl groups excluding tert-OH is 1. The lowest BCUT2D eigenvalue weighted by Gasteiger charge is -2.35. The number of rotatable bonds is 9. The van der Waals surface area contributed by atoms with Crippen LogP contribution in [0.1, 0.15) is 5.01 Å². The van der Waals surface area contributed by atoms with E-state index in [9.17, 15) is 9.90 Å². The number of aliphatic hydroxyl groups is 1. The molecule has 1 atom stereocenters. The number of fused-ring (bicyclic) bond motifs is 1. The van der Waals surface area contributed by atoms with Crippen LogP contribution in [-0.4, -0.2) is 84.9 Å². The van der Waals surface area contributed by atoms with Crippen molar-refractivity contribution in [1.29, 1.82) is 0 Å². The summed E-state index contributed by atoms with van der Waals surface area (Å²) in [5.74, 6) is 1.45. The van der Waals surface area contributed by atoms with E-state index >= 15 is 0 Å². The minimum absolute atomic E-state index is 0.0330. The van der Waals surface area contributed by atoms with Gasteiger partial charge in [0.1, 0.15) is 24.2 Å². The van der Waals surface area contributed by atoms with Crippen LogP contribution in [0.4, 0.5) is 5.69 Å². The van der Waals surface area contributed by atoms with Crippen LogP contribution >= 0.6 is 11.3 Å². The van der Waals surface area contributed by atoms with Gasteiger partial charge in [-0.3, -0.25) is 14.6 Å². The Balaban J connectivity index is 1.15. The molecule has 176 valence electrons. The molecule has 1 aliphatic heterocycles. The van der Waals surface area contributed by atoms with Crippen molar-refractivity contribution in [1.82, 2.24) is 14.8 Å². The predicted octanol–water partition coefficient (Wildman–Crippen LogP) is 2.61. The van der Waals surface area contributed by atoms with E-state index in [1.165, 1.54) is 0 Å². The van der Waals surface area contributed by atoms with Crippen molar-refractivity contribution in [2.75, 3.05) is 58.3 Å². The fourth-order valence-corrected chi connectivity index (χ4v) is 4.67. The zero-order chi connectivity index (χ0) is 23.2. The molecule has 1 fully saturated rings. The summed E-state index contributed by atoms with van der Waals surface area (Å²) in [4.78, 5) is 21.2. The van der Waals surface area contributed by atoms with Crippen molar-refractivity contribution < 1.29 is 19.4 Å². The van der Waals surface area contributed by atoms with Gasteiger partial charge in [0, 0.05) is 44.5 Å². The zero-order valence-electron chi connectivity index (χ0n) is 19.0. The molecule has 1 aromatic heterocycles. The van der Waals surface area contributed by atoms with Crippen LogP contribution in [0.3, 0.4) is 0 Å². The normalized spacial score (nSPS) is 16.0. The van der Waals surface area contributed by atoms with E-state index in [0.29, 0.717) is 13.1 Å². The van der Waals surface area contributed by atoms with Crippen molar-refractivity contribution in [3.05, 3.63) is 47.5 Å². The molecule has 0 radical (unpaired) electrons. The van der Waals surface area contributed by atoms with Gasteiger partial charge in [-0.1, -0.05) is 0 Å². The minimum Gasteiger partial charge on any atom is -0.497 e. The third-order valence-corrected chi connectivity index (χ3v) is 6.54. The van der Waals surface area contributed by atoms with E-state index in [-0.39, 0.29) is 12.5 Å². The molecule has 4 rings (SSSR count). The van der Waals surface area contributed by atoms with E-state index in [0.717, 1.165) is 58.6 Å². The Morgan fingerprint density at radius 1 is 1.12 bits per heavy atom. The van der Waals surface area contributed by atoms with Crippen molar-refractivity contribution in [2.24, 2.45) is 0 Å². The average Bonchev–Trinajstić information content (AvgIpc) is 3.18. The number of β-amino-alcohol motifs (C(OH)–C–C–N with tert-alkyl or cyclic N) is 1. The lowest BCUT2D eigenvalue weighted by Crippen LogP contribution is -2.50. The first-order chi connectivity index (χ1) is 16.0. The maximum absolute atomic E-state index is 12.3. The van der Waals surface area contributed by atoms with Crippen LogP contribution in [0.5, 0.6) is 11.5 Å². The molecule has 9 heteroatoms. The second-order valence-corrected chi connectivity index (χ2v) is 9.42. The minimum atomic E-state index is -0.581. The number of benzene rings is 2. The van der Waals surface area contributed by atoms with Gasteiger partial charge in [0.15, 0.2) is 0 Å². The summed E-state index contributed by atoms with van der Waals surface area (Å²) < 4.78 is 12.1. The highest BCUT2D eigenvalue weighted by Crippen LogP contribution is 2.25. The molecule has 8 nitrogen and oxygen atoms in total. The van der Waals surface area contributed by atoms with Gasteiger partial charge < -0.3 is 19.9 Å². The molecule has 0 unspecified atom stereocenters. The van der Waals surface area contributed by atoms with E-state index in [2.05, 4.69) is 20.1 Å². The number of hydrogen-bond donors (Lipinski definition) is 2. The Hall–Kier alpha value is -2.72. The Bertz CT molecular complexity index is 1060. The van der Waals surface area contributed by atoms with Crippen molar-refractivity contribution in [3.63, 3.8) is 0 Å². The molecule has 0 spiro atoms. The first-order valence-electron chi connectivity index (χ1n) is 11.0. The zero-order valence-corrected chi connectivity index (χ0v) is 19.8. The molecular weight excluding hydrogens is 440 g/mol. The summed E-state index contributed by atoms with van der Waals surface area (Å²) >= 11 is 1.66. The summed E-state index contributed by atoms with van der Waals surface area (Å²) in [5, 5.41) is 14.4. The molecule has 2 N–H and O–H groups in total. The van der Waals surface area contributed by atoms with E-state index in [1.807, 2.05) is 49.4 Å². The molecule has 2 heterocycles. The lowest BCUT2D eigenvalue weighted by molar-refractivity contribution is -0.117. The number of thiazole rings is 1. The van der Waals surface area contributed by atoms with Crippen molar-refractivity contribution in [2.45, 2.75) is 13.0 Å². The van der Waals surface area contributed by atoms with Gasteiger partial charge in [-0.2, -0.15) is 0 Å². The fourth-order valence-electron chi connectivity index (χ4n) is 3.86. The number of nitrogens with one attached hydrogen (secondary N) is 1. The number of carbonyl (C=O) groups is 1. The van der Waals surface area contributed by atoms with Crippen LogP contribution in [0, 0.1) is 6.92 Å². The van der Waals surface area contributed by atoms with Gasteiger partial charge >= 0.3 is 0 Å². The number of methoxy groups -OCH3 is 1. The summed E-state index contributed by atoms with van der Waals surface area (Å²) in [6.45, 7) is 6.29. The largest absolute Gasteiger partial charge is 0.497 e. The van der Waals surface area contributed by atoms with Gasteiger partial charge in [0.05, 0.1) is 28.9 Å². The SMILES string of the molecule is COc1ccc(NC(=O)CN2CCN(C[C@@H](O)COc3ccc4sc(C)nc4c3)CC2)cc1. The smallest absolute Gasteiger partial charge is 0.238 e. The first-order valence-corrected chi connectivity index (χ1v) is 11.9. The molecule has 0 bridgehead atoms. The maximum Gasteiger partial charge on any atom is 0.238 e. The number of nitrogens with zero attached hydrogens (tertiary/aromatic N) is 3. The molecule has 1 aliphatic rings. The molecule has 2 aromatic carbocycles. The summed E-state index contributed by atoms with van der Waals surface area (Å²) in [6, 6.07) is 13.1. The number of aromatic nitrogens is 1. The monoisotopic (exact) mass is 470 g/mol. The Morgan fingerprint density at radius 3 is 2.55 bits per heavy atom. The molecule has 0 aliphatic carbocycles. The molecule has 3 aromatic rings.